The van der Waals surface area contributed by atoms with Crippen molar-refractivity contribution in [3.63, 3.8) is 0 Å². The zero-order valence-electron chi connectivity index (χ0n) is 76.6. The molecule has 0 fully saturated rings. The summed E-state index contributed by atoms with van der Waals surface area (Å²) in [5.41, 5.74) is 38.1. The van der Waals surface area contributed by atoms with E-state index in [-0.39, 0.29) is 33.8 Å². The van der Waals surface area contributed by atoms with Crippen LogP contribution in [0.4, 0.5) is 51.2 Å². The molecule has 17 aromatic carbocycles. The van der Waals surface area contributed by atoms with Crippen LogP contribution in [0.1, 0.15) is 132 Å². The quantitative estimate of drug-likeness (QED) is 0.114. The summed E-state index contributed by atoms with van der Waals surface area (Å²) >= 11 is 0. The van der Waals surface area contributed by atoms with E-state index in [1.807, 2.05) is 0 Å². The fourth-order valence-electron chi connectivity index (χ4n) is 20.6. The summed E-state index contributed by atoms with van der Waals surface area (Å²) in [4.78, 5) is 7.91. The molecule has 129 heavy (non-hydrogen) atoms. The largest absolute Gasteiger partial charge is 0.311 e. The van der Waals surface area contributed by atoms with Gasteiger partial charge in [-0.05, 0) is 268 Å². The molecule has 628 valence electrons. The van der Waals surface area contributed by atoms with E-state index < -0.39 is 0 Å². The van der Waals surface area contributed by atoms with E-state index in [1.165, 1.54) is 98.6 Å². The van der Waals surface area contributed by atoms with Crippen LogP contribution >= 0.6 is 0 Å². The molecule has 0 unspecified atom stereocenters. The number of fused-ring (bicyclic) bond motifs is 13. The first kappa shape index (κ1) is 80.4. The Morgan fingerprint density at radius 1 is 0.209 bits per heavy atom. The van der Waals surface area contributed by atoms with Crippen molar-refractivity contribution in [2.45, 2.75) is 131 Å². The summed E-state index contributed by atoms with van der Waals surface area (Å²) in [6.45, 7) is 34.9. The highest BCUT2D eigenvalue weighted by molar-refractivity contribution is 7.00. The Morgan fingerprint density at radius 2 is 0.543 bits per heavy atom. The topological polar surface area (TPSA) is 24.5 Å². The molecule has 2 aliphatic rings. The average Bonchev–Trinajstić information content (AvgIpc) is 0.935. The molecule has 0 N–H and O–H groups in total. The predicted octanol–water partition coefficient (Wildman–Crippen LogP) is 31.7. The first-order valence-corrected chi connectivity index (χ1v) is 45.9. The normalized spacial score (nSPS) is 13.0. The summed E-state index contributed by atoms with van der Waals surface area (Å²) in [5.74, 6) is 0. The number of aromatic nitrogens is 3. The molecule has 7 heteroatoms. The van der Waals surface area contributed by atoms with E-state index in [0.717, 1.165) is 124 Å². The van der Waals surface area contributed by atoms with Crippen LogP contribution in [0, 0.1) is 0 Å². The third-order valence-corrected chi connectivity index (χ3v) is 27.5. The molecule has 2 aliphatic heterocycles. The molecular formula is C122H107BN6. The second kappa shape index (κ2) is 30.1. The minimum atomic E-state index is -0.343. The van der Waals surface area contributed by atoms with Gasteiger partial charge in [0.15, 0.2) is 0 Å². The minimum absolute atomic E-state index is 0.0940. The van der Waals surface area contributed by atoms with Crippen molar-refractivity contribution >= 4 is 140 Å². The van der Waals surface area contributed by atoms with Crippen LogP contribution in [0.25, 0.3) is 127 Å². The molecule has 0 atom stereocenters. The van der Waals surface area contributed by atoms with Crippen LogP contribution in [0.3, 0.4) is 0 Å². The van der Waals surface area contributed by atoms with Crippen molar-refractivity contribution in [2.75, 3.05) is 14.7 Å². The molecule has 6 nitrogen and oxygen atoms in total. The number of hydrogen-bond acceptors (Lipinski definition) is 3. The summed E-state index contributed by atoms with van der Waals surface area (Å²) in [5, 5.41) is 7.41. The van der Waals surface area contributed by atoms with Crippen LogP contribution in [-0.4, -0.2) is 20.4 Å². The molecule has 5 heterocycles. The lowest BCUT2D eigenvalue weighted by Crippen LogP contribution is -2.61. The highest BCUT2D eigenvalue weighted by atomic mass is 15.2. The van der Waals surface area contributed by atoms with Crippen LogP contribution < -0.4 is 31.1 Å². The highest BCUT2D eigenvalue weighted by Gasteiger charge is 2.46. The van der Waals surface area contributed by atoms with Crippen LogP contribution in [0.2, 0.25) is 0 Å². The van der Waals surface area contributed by atoms with Gasteiger partial charge in [0, 0.05) is 100 Å². The molecule has 3 aromatic heterocycles. The molecular weight excluding hydrogens is 1560 g/mol. The summed E-state index contributed by atoms with van der Waals surface area (Å²) in [7, 11) is 0. The lowest BCUT2D eigenvalue weighted by atomic mass is 9.33. The Morgan fingerprint density at radius 3 is 0.977 bits per heavy atom. The van der Waals surface area contributed by atoms with Gasteiger partial charge < -0.3 is 28.4 Å². The first-order chi connectivity index (χ1) is 62.1. The molecule has 22 rings (SSSR count). The maximum absolute atomic E-state index is 2.76. The third-order valence-electron chi connectivity index (χ3n) is 27.5. The van der Waals surface area contributed by atoms with Gasteiger partial charge in [-0.2, -0.15) is 0 Å². The highest BCUT2D eigenvalue weighted by Crippen LogP contribution is 2.55. The number of para-hydroxylation sites is 3. The van der Waals surface area contributed by atoms with Crippen molar-refractivity contribution in [3.8, 4) is 61.6 Å². The van der Waals surface area contributed by atoms with Crippen LogP contribution in [0.5, 0.6) is 0 Å². The standard InChI is InChI=1S/C122H107BN6/c1-118(2,3)84-49-61-108-100(68-84)101-69-85(119(4,5)6)50-62-109(101)126(108)93-58-60-105-113(75-93)129(117-98(80-39-25-18-26-40-80)72-88(122(13,14)15)73-99(117)81-41-27-19-28-42-81)115-77-95(127-110-63-51-86(120(7,8)9)70-102(110)103-71-87(121(10,11)12)52-64-111(103)127)76-114-116(115)123(105)104-59-57-92(74-112(104)128(114)94-66-82(78-35-21-16-22-36-78)65-83(67-94)79-37-23-17-24-38-79)124(89-43-29-20-30-44-89)90-53-55-91(56-54-90)125-106-47-33-31-45-96(106)97-46-32-34-48-107(97)125/h16-77H,1-15H3. The average molecular weight is 1670 g/mol. The fourth-order valence-corrected chi connectivity index (χ4v) is 20.6. The second-order valence-corrected chi connectivity index (χ2v) is 41.0. The Balaban J connectivity index is 0.907. The van der Waals surface area contributed by atoms with Gasteiger partial charge in [0.25, 0.3) is 6.71 Å². The molecule has 0 aliphatic carbocycles. The van der Waals surface area contributed by atoms with E-state index in [0.29, 0.717) is 0 Å². The number of hydrogen-bond donors (Lipinski definition) is 0. The van der Waals surface area contributed by atoms with Crippen molar-refractivity contribution in [2.24, 2.45) is 0 Å². The number of nitrogens with zero attached hydrogens (tertiary/aromatic N) is 6. The Hall–Kier alpha value is -14.4. The number of benzene rings is 17. The third kappa shape index (κ3) is 13.7. The summed E-state index contributed by atoms with van der Waals surface area (Å²) in [6.07, 6.45) is 0. The molecule has 0 radical (unpaired) electrons. The fraction of sp³-hybridized carbons (Fsp3) is 0.164. The lowest BCUT2D eigenvalue weighted by Gasteiger charge is -2.46. The van der Waals surface area contributed by atoms with E-state index in [9.17, 15) is 0 Å². The maximum atomic E-state index is 2.76. The van der Waals surface area contributed by atoms with Gasteiger partial charge >= 0.3 is 0 Å². The molecule has 0 saturated heterocycles. The number of anilines is 9. The van der Waals surface area contributed by atoms with Crippen molar-refractivity contribution in [3.05, 3.63) is 404 Å². The van der Waals surface area contributed by atoms with Gasteiger partial charge in [0.05, 0.1) is 44.5 Å². The Labute approximate surface area is 759 Å². The van der Waals surface area contributed by atoms with Gasteiger partial charge in [-0.3, -0.25) is 0 Å². The summed E-state index contributed by atoms with van der Waals surface area (Å²) < 4.78 is 7.62. The second-order valence-electron chi connectivity index (χ2n) is 41.0. The predicted molar refractivity (Wildman–Crippen MR) is 553 cm³/mol. The van der Waals surface area contributed by atoms with Gasteiger partial charge in [-0.25, -0.2) is 0 Å². The Kier molecular flexibility index (Phi) is 18.8. The molecule has 20 aromatic rings. The SMILES string of the molecule is CC(C)(C)c1cc(-c2ccccc2)c(N2c3cc(-n4c5ccc(C(C)(C)C)cc5c5cc(C(C)(C)C)ccc54)ccc3B3c4ccc(N(c5ccccc5)c5ccc(-n6c7ccccc7c7ccccc76)cc5)cc4N(c4cc(-c5ccccc5)cc(-c5ccccc5)c4)c4cc(-n5c6ccc(C(C)(C)C)cc6c6cc(C(C)(C)C)ccc65)cc2c43)c(-c2ccccc2)c1. The van der Waals surface area contributed by atoms with E-state index in [4.69, 9.17) is 0 Å². The van der Waals surface area contributed by atoms with E-state index in [1.54, 1.807) is 0 Å². The van der Waals surface area contributed by atoms with Crippen molar-refractivity contribution in [1.82, 2.24) is 13.7 Å². The van der Waals surface area contributed by atoms with Crippen LogP contribution in [0.15, 0.2) is 376 Å². The van der Waals surface area contributed by atoms with Gasteiger partial charge in [0.1, 0.15) is 0 Å². The van der Waals surface area contributed by atoms with E-state index >= 15 is 0 Å². The van der Waals surface area contributed by atoms with Crippen LogP contribution in [-0.2, 0) is 27.1 Å². The minimum Gasteiger partial charge on any atom is -0.311 e. The monoisotopic (exact) mass is 1670 g/mol. The van der Waals surface area contributed by atoms with Crippen molar-refractivity contribution in [1.29, 1.82) is 0 Å². The maximum Gasteiger partial charge on any atom is 0.252 e. The smallest absolute Gasteiger partial charge is 0.252 e. The summed E-state index contributed by atoms with van der Waals surface area (Å²) in [6, 6.07) is 144. The van der Waals surface area contributed by atoms with Crippen molar-refractivity contribution < 1.29 is 0 Å². The van der Waals surface area contributed by atoms with E-state index in [2.05, 4.69) is 508 Å². The zero-order valence-corrected chi connectivity index (χ0v) is 76.6. The molecule has 0 spiro atoms. The van der Waals surface area contributed by atoms with Gasteiger partial charge in [-0.15, -0.1) is 0 Å². The molecule has 0 saturated carbocycles. The first-order valence-electron chi connectivity index (χ1n) is 45.9. The zero-order chi connectivity index (χ0) is 88.5. The Bertz CT molecular complexity index is 7540. The number of rotatable bonds is 12. The lowest BCUT2D eigenvalue weighted by molar-refractivity contribution is 0.590. The molecule has 0 amide bonds. The molecule has 0 bridgehead atoms. The van der Waals surface area contributed by atoms with Gasteiger partial charge in [-0.1, -0.05) is 316 Å². The van der Waals surface area contributed by atoms with Gasteiger partial charge in [0.2, 0.25) is 0 Å².